The zero-order valence-corrected chi connectivity index (χ0v) is 65.1. The average Bonchev–Trinajstić information content (AvgIpc) is 0.831. The number of nitrogens with two attached hydrogens (primary N) is 1. The number of hydrogen-bond acceptors (Lipinski definition) is 7. The first-order valence-electron chi connectivity index (χ1n) is 41.9. The van der Waals surface area contributed by atoms with E-state index in [1.54, 1.807) is 0 Å². The summed E-state index contributed by atoms with van der Waals surface area (Å²) in [4.78, 5) is 32.2. The van der Waals surface area contributed by atoms with E-state index in [0.717, 1.165) is 83.6 Å². The highest BCUT2D eigenvalue weighted by Crippen LogP contribution is 2.31. The maximum absolute atomic E-state index is 15.0. The van der Waals surface area contributed by atoms with E-state index in [1.165, 1.54) is 266 Å². The van der Waals surface area contributed by atoms with Crippen molar-refractivity contribution in [1.29, 1.82) is 0 Å². The number of rotatable bonds is 64. The molecule has 0 unspecified atom stereocenters. The molecule has 11 nitrogen and oxygen atoms in total. The lowest BCUT2D eigenvalue weighted by molar-refractivity contribution is -0.130. The molecule has 0 saturated carbocycles. The second-order valence-electron chi connectivity index (χ2n) is 29.9. The van der Waals surface area contributed by atoms with E-state index >= 15 is 4.79 Å². The van der Waals surface area contributed by atoms with Crippen LogP contribution in [0.4, 0.5) is 0 Å². The topological polar surface area (TPSA) is 161 Å². The predicted molar refractivity (Wildman–Crippen MR) is 432 cm³/mol. The summed E-state index contributed by atoms with van der Waals surface area (Å²) in [5.41, 5.74) is 25.1. The van der Waals surface area contributed by atoms with Gasteiger partial charge in [-0.25, -0.2) is 0 Å². The van der Waals surface area contributed by atoms with Gasteiger partial charge >= 0.3 is 0 Å². The minimum Gasteiger partial charge on any atom is -0.494 e. The van der Waals surface area contributed by atoms with Crippen molar-refractivity contribution in [2.45, 2.75) is 355 Å². The molecule has 5 rings (SSSR count). The number of carbonyl (C=O) groups is 2. The van der Waals surface area contributed by atoms with Crippen molar-refractivity contribution in [1.82, 2.24) is 10.6 Å². The minimum atomic E-state index is -0.886. The third kappa shape index (κ3) is 39.5. The van der Waals surface area contributed by atoms with Crippen LogP contribution in [0.25, 0.3) is 21.6 Å². The quantitative estimate of drug-likeness (QED) is 0.0152. The third-order valence-electron chi connectivity index (χ3n) is 20.6. The molecule has 11 heteroatoms. The monoisotopic (exact) mass is 1400 g/mol. The summed E-state index contributed by atoms with van der Waals surface area (Å²) in [6.45, 7) is 13.3. The van der Waals surface area contributed by atoms with E-state index in [1.807, 2.05) is 42.5 Å². The lowest BCUT2D eigenvalue weighted by Gasteiger charge is -2.26. The Morgan fingerprint density at radius 3 is 1.21 bits per heavy atom. The first-order chi connectivity index (χ1) is 50.1. The summed E-state index contributed by atoms with van der Waals surface area (Å²) in [7, 11) is 0. The fraction of sp³-hybridized carbons (Fsp3) is 0.648. The number of nitrogens with zero attached hydrogens (tertiary/aromatic N) is 3. The number of hydrogen-bond donors (Lipinski definition) is 3. The Labute approximate surface area is 621 Å². The first kappa shape index (κ1) is 86.4. The Balaban J connectivity index is 1.14. The van der Waals surface area contributed by atoms with E-state index in [2.05, 4.69) is 122 Å². The number of aryl methyl sites for hydroxylation is 4. The maximum atomic E-state index is 15.0. The zero-order valence-electron chi connectivity index (χ0n) is 65.1. The van der Waals surface area contributed by atoms with Crippen molar-refractivity contribution in [3.63, 3.8) is 0 Å². The molecule has 0 spiro atoms. The highest BCUT2D eigenvalue weighted by atomic mass is 16.5. The van der Waals surface area contributed by atoms with Gasteiger partial charge in [0.15, 0.2) is 0 Å². The first-order valence-corrected chi connectivity index (χ1v) is 41.9. The molecule has 0 saturated heterocycles. The molecule has 0 aromatic heterocycles. The predicted octanol–water partition coefficient (Wildman–Crippen LogP) is 25.7. The van der Waals surface area contributed by atoms with E-state index < -0.39 is 18.1 Å². The highest BCUT2D eigenvalue weighted by molar-refractivity contribution is 5.90. The van der Waals surface area contributed by atoms with Crippen LogP contribution in [0.2, 0.25) is 0 Å². The lowest BCUT2D eigenvalue weighted by atomic mass is 9.95. The van der Waals surface area contributed by atoms with Crippen molar-refractivity contribution in [2.75, 3.05) is 26.4 Å². The molecule has 0 heterocycles. The zero-order chi connectivity index (χ0) is 72.6. The molecule has 0 aliphatic carbocycles. The Morgan fingerprint density at radius 1 is 0.422 bits per heavy atom. The van der Waals surface area contributed by atoms with Crippen LogP contribution in [0, 0.1) is 13.8 Å². The molecule has 0 aliphatic heterocycles. The van der Waals surface area contributed by atoms with Crippen LogP contribution in [-0.2, 0) is 28.9 Å². The van der Waals surface area contributed by atoms with Crippen molar-refractivity contribution in [3.05, 3.63) is 159 Å². The molecule has 4 N–H and O–H groups in total. The van der Waals surface area contributed by atoms with Gasteiger partial charge in [0, 0.05) is 11.5 Å². The van der Waals surface area contributed by atoms with Crippen LogP contribution in [-0.4, -0.2) is 50.3 Å². The molecule has 0 fully saturated rings. The van der Waals surface area contributed by atoms with Gasteiger partial charge in [0.2, 0.25) is 11.8 Å². The normalized spacial score (nSPS) is 12.0. The Hall–Kier alpha value is -6.29. The number of unbranched alkanes of at least 4 members (excludes halogenated alkanes) is 39. The van der Waals surface area contributed by atoms with Gasteiger partial charge in [-0.15, -0.1) is 0 Å². The van der Waals surface area contributed by atoms with Crippen LogP contribution in [0.1, 0.15) is 348 Å². The van der Waals surface area contributed by atoms with E-state index in [-0.39, 0.29) is 11.8 Å². The largest absolute Gasteiger partial charge is 0.494 e. The molecule has 5 aromatic rings. The second-order valence-corrected chi connectivity index (χ2v) is 29.9. The fourth-order valence-electron chi connectivity index (χ4n) is 14.4. The molecule has 2 amide bonds. The summed E-state index contributed by atoms with van der Waals surface area (Å²) in [5, 5.41) is 10.2. The number of amides is 2. The Morgan fingerprint density at radius 2 is 0.804 bits per heavy atom. The van der Waals surface area contributed by atoms with Gasteiger partial charge in [-0.2, -0.15) is 0 Å². The molecule has 2 atom stereocenters. The van der Waals surface area contributed by atoms with Crippen LogP contribution in [0.3, 0.4) is 0 Å². The van der Waals surface area contributed by atoms with Crippen molar-refractivity contribution in [2.24, 2.45) is 10.8 Å². The second kappa shape index (κ2) is 57.1. The molecular formula is C91H142N6O5. The van der Waals surface area contributed by atoms with Crippen molar-refractivity contribution in [3.8, 4) is 28.4 Å². The van der Waals surface area contributed by atoms with Crippen LogP contribution in [0.5, 0.6) is 17.2 Å². The van der Waals surface area contributed by atoms with Crippen LogP contribution in [0.15, 0.2) is 114 Å². The van der Waals surface area contributed by atoms with Gasteiger partial charge in [-0.05, 0) is 153 Å². The van der Waals surface area contributed by atoms with Gasteiger partial charge in [0.05, 0.1) is 31.9 Å². The number of carbonyl (C=O) groups excluding carboxylic acids is 2. The van der Waals surface area contributed by atoms with Gasteiger partial charge in [0.25, 0.3) is 0 Å². The molecule has 566 valence electrons. The van der Waals surface area contributed by atoms with Crippen molar-refractivity contribution < 1.29 is 23.8 Å². The van der Waals surface area contributed by atoms with Gasteiger partial charge in [-0.1, -0.05) is 354 Å². The summed E-state index contributed by atoms with van der Waals surface area (Å²) >= 11 is 0. The highest BCUT2D eigenvalue weighted by Gasteiger charge is 2.28. The standard InChI is InChI=1S/C91H142N6O5/c1-6-9-11-13-15-17-19-21-23-25-27-29-31-33-35-37-39-41-43-46-67-100-83-60-56-81(57-61-83)89(82-58-62-84(63-59-82)101-68-47-44-42-40-38-36-34-32-30-28-26-24-22-20-18-16-14-12-10-7-2)96-91(99)88(51-49-50-78-71-75(4)70-76(5)72-78)95-90(98)87(92)73-77-52-54-80(55-53-77)86-65-64-85(74-79(86)8-3)102-69-48-45-66-94-97-93/h52-65,70-72,74,87-89H,6-51,66-69,73,92H2,1-5H3,(H,95,98)(H,96,99)/t87-,88-/m0/s1. The fourth-order valence-corrected chi connectivity index (χ4v) is 14.4. The molecule has 0 radical (unpaired) electrons. The molecule has 0 bridgehead atoms. The van der Waals surface area contributed by atoms with Gasteiger partial charge in [-0.3, -0.25) is 9.59 Å². The minimum absolute atomic E-state index is 0.265. The lowest BCUT2D eigenvalue weighted by Crippen LogP contribution is -2.52. The van der Waals surface area contributed by atoms with Crippen LogP contribution < -0.4 is 30.6 Å². The van der Waals surface area contributed by atoms with E-state index in [4.69, 9.17) is 25.5 Å². The smallest absolute Gasteiger partial charge is 0.243 e. The summed E-state index contributed by atoms with van der Waals surface area (Å²) in [6.07, 6.45) is 59.0. The van der Waals surface area contributed by atoms with Crippen LogP contribution >= 0.6 is 0 Å². The number of nitrogens with one attached hydrogen (secondary N) is 2. The molecule has 102 heavy (non-hydrogen) atoms. The summed E-state index contributed by atoms with van der Waals surface area (Å²) in [6, 6.07) is 35.1. The molecule has 0 aliphatic rings. The Kier molecular flexibility index (Phi) is 48.3. The third-order valence-corrected chi connectivity index (χ3v) is 20.6. The van der Waals surface area contributed by atoms with Crippen molar-refractivity contribution >= 4 is 11.8 Å². The number of azide groups is 1. The van der Waals surface area contributed by atoms with E-state index in [0.29, 0.717) is 45.6 Å². The Bertz CT molecular complexity index is 2850. The molecular weight excluding hydrogens is 1260 g/mol. The summed E-state index contributed by atoms with van der Waals surface area (Å²) in [5.74, 6) is 1.81. The average molecular weight is 1400 g/mol. The maximum Gasteiger partial charge on any atom is 0.243 e. The number of benzene rings is 5. The van der Waals surface area contributed by atoms with Gasteiger partial charge in [0.1, 0.15) is 23.3 Å². The number of ether oxygens (including phenoxy) is 3. The van der Waals surface area contributed by atoms with E-state index in [9.17, 15) is 4.79 Å². The summed E-state index contributed by atoms with van der Waals surface area (Å²) < 4.78 is 18.7. The van der Waals surface area contributed by atoms with Gasteiger partial charge < -0.3 is 30.6 Å². The molecule has 5 aromatic carbocycles. The SMILES string of the molecule is CCCCCCCCCCCCCCCCCCCCCCOc1ccc(C(NC(=O)[C@H](CCCc2cc(C)cc(C)c2)NC(=O)[C@@H](N)Cc2ccc(-c3ccc(OCCCCN=[N+]=[N-])cc3CC)cc2)c2ccc(OCCCCCCCCCCCCCCCCCCCCCC)cc2)cc1.